The molecule has 2 aromatic rings. The van der Waals surface area contributed by atoms with Crippen LogP contribution < -0.4 is 0 Å². The topological polar surface area (TPSA) is 34.9 Å². The van der Waals surface area contributed by atoms with Crippen LogP contribution in [0.15, 0.2) is 35.4 Å². The second-order valence-electron chi connectivity index (χ2n) is 5.82. The number of fused-ring (bicyclic) bond motifs is 1. The number of aromatic nitrogens is 2. The van der Waals surface area contributed by atoms with Crippen molar-refractivity contribution >= 4 is 17.5 Å². The van der Waals surface area contributed by atoms with Gasteiger partial charge in [-0.25, -0.2) is 0 Å². The second-order valence-corrected chi connectivity index (χ2v) is 6.25. The van der Waals surface area contributed by atoms with E-state index in [0.29, 0.717) is 5.02 Å². The Morgan fingerprint density at radius 2 is 1.91 bits per heavy atom. The minimum absolute atomic E-state index is 0.0314. The number of aryl methyl sites for hydroxylation is 1. The van der Waals surface area contributed by atoms with E-state index in [1.807, 2.05) is 31.2 Å². The van der Waals surface area contributed by atoms with E-state index in [2.05, 4.69) is 18.9 Å². The van der Waals surface area contributed by atoms with Gasteiger partial charge < -0.3 is 0 Å². The number of allylic oxidation sites excluding steroid dienone is 2. The Labute approximate surface area is 135 Å². The van der Waals surface area contributed by atoms with Crippen LogP contribution in [0.2, 0.25) is 5.02 Å². The fraction of sp³-hybridized carbons (Fsp3) is 0.333. The van der Waals surface area contributed by atoms with Crippen LogP contribution in [-0.4, -0.2) is 15.7 Å². The van der Waals surface area contributed by atoms with E-state index in [9.17, 15) is 4.79 Å². The Hall–Kier alpha value is -1.87. The SMILES string of the molecule is CCCC1=C(C)Cc2c(-c3ccc(Cl)cc3)c(C)nn2C1=O. The highest BCUT2D eigenvalue weighted by Gasteiger charge is 2.28. The molecule has 0 bridgehead atoms. The molecule has 1 aromatic heterocycles. The van der Waals surface area contributed by atoms with Gasteiger partial charge in [0.25, 0.3) is 5.91 Å². The number of rotatable bonds is 3. The molecule has 0 saturated carbocycles. The lowest BCUT2D eigenvalue weighted by Gasteiger charge is -2.19. The lowest BCUT2D eigenvalue weighted by Crippen LogP contribution is -2.24. The van der Waals surface area contributed by atoms with Gasteiger partial charge in [0, 0.05) is 22.6 Å². The van der Waals surface area contributed by atoms with Crippen molar-refractivity contribution < 1.29 is 4.79 Å². The van der Waals surface area contributed by atoms with Gasteiger partial charge in [-0.05, 0) is 38.0 Å². The average molecular weight is 315 g/mol. The molecule has 0 unspecified atom stereocenters. The van der Waals surface area contributed by atoms with Gasteiger partial charge >= 0.3 is 0 Å². The summed E-state index contributed by atoms with van der Waals surface area (Å²) in [6.45, 7) is 6.11. The molecule has 2 heterocycles. The van der Waals surface area contributed by atoms with Gasteiger partial charge in [-0.1, -0.05) is 42.7 Å². The Morgan fingerprint density at radius 1 is 1.23 bits per heavy atom. The van der Waals surface area contributed by atoms with E-state index in [0.717, 1.165) is 52.9 Å². The predicted molar refractivity (Wildman–Crippen MR) is 89.3 cm³/mol. The summed E-state index contributed by atoms with van der Waals surface area (Å²) in [7, 11) is 0. The maximum absolute atomic E-state index is 12.7. The molecule has 0 aliphatic carbocycles. The quantitative estimate of drug-likeness (QED) is 0.813. The van der Waals surface area contributed by atoms with Gasteiger partial charge in [0.2, 0.25) is 0 Å². The largest absolute Gasteiger partial charge is 0.274 e. The van der Waals surface area contributed by atoms with Crippen LogP contribution in [-0.2, 0) is 6.42 Å². The minimum Gasteiger partial charge on any atom is -0.267 e. The number of hydrogen-bond acceptors (Lipinski definition) is 2. The fourth-order valence-corrected chi connectivity index (χ4v) is 3.26. The molecule has 0 fully saturated rings. The van der Waals surface area contributed by atoms with Gasteiger partial charge in [-0.3, -0.25) is 4.79 Å². The third-order valence-electron chi connectivity index (χ3n) is 4.19. The van der Waals surface area contributed by atoms with E-state index >= 15 is 0 Å². The lowest BCUT2D eigenvalue weighted by atomic mass is 9.93. The molecule has 0 amide bonds. The Morgan fingerprint density at radius 3 is 2.55 bits per heavy atom. The van der Waals surface area contributed by atoms with E-state index < -0.39 is 0 Å². The number of halogens is 1. The van der Waals surface area contributed by atoms with Crippen LogP contribution in [0.5, 0.6) is 0 Å². The summed E-state index contributed by atoms with van der Waals surface area (Å²) in [6, 6.07) is 7.71. The second kappa shape index (κ2) is 5.73. The van der Waals surface area contributed by atoms with Gasteiger partial charge in [-0.15, -0.1) is 0 Å². The fourth-order valence-electron chi connectivity index (χ4n) is 3.14. The molecule has 3 rings (SSSR count). The Balaban J connectivity index is 2.12. The van der Waals surface area contributed by atoms with Crippen molar-refractivity contribution in [1.82, 2.24) is 9.78 Å². The first kappa shape index (κ1) is 15.0. The van der Waals surface area contributed by atoms with Gasteiger partial charge in [0.05, 0.1) is 11.4 Å². The summed E-state index contributed by atoms with van der Waals surface area (Å²) in [6.07, 6.45) is 2.57. The van der Waals surface area contributed by atoms with Crippen molar-refractivity contribution in [2.24, 2.45) is 0 Å². The molecule has 4 heteroatoms. The summed E-state index contributed by atoms with van der Waals surface area (Å²) in [4.78, 5) is 12.7. The summed E-state index contributed by atoms with van der Waals surface area (Å²) in [5.74, 6) is 0.0314. The normalized spacial score (nSPS) is 14.5. The van der Waals surface area contributed by atoms with Gasteiger partial charge in [0.15, 0.2) is 0 Å². The molecule has 0 atom stereocenters. The van der Waals surface area contributed by atoms with Crippen molar-refractivity contribution in [2.75, 3.05) is 0 Å². The smallest absolute Gasteiger partial charge is 0.267 e. The third kappa shape index (κ3) is 2.40. The van der Waals surface area contributed by atoms with E-state index in [4.69, 9.17) is 11.6 Å². The minimum atomic E-state index is 0.0314. The molecule has 1 aromatic carbocycles. The molecular formula is C18H19ClN2O. The number of carbonyl (C=O) groups is 1. The standard InChI is InChI=1S/C18H19ClN2O/c1-4-5-15-11(2)10-16-17(12(3)20-21(16)18(15)22)13-6-8-14(19)9-7-13/h6-9H,4-5,10H2,1-3H3. The van der Waals surface area contributed by atoms with Crippen LogP contribution in [0.1, 0.15) is 42.9 Å². The molecule has 1 aliphatic rings. The maximum Gasteiger partial charge on any atom is 0.274 e. The summed E-state index contributed by atoms with van der Waals surface area (Å²) >= 11 is 5.97. The first-order valence-corrected chi connectivity index (χ1v) is 7.98. The lowest BCUT2D eigenvalue weighted by molar-refractivity contribution is 0.0926. The van der Waals surface area contributed by atoms with Crippen LogP contribution in [0.25, 0.3) is 11.1 Å². The number of nitrogens with zero attached hydrogens (tertiary/aromatic N) is 2. The zero-order valence-corrected chi connectivity index (χ0v) is 13.9. The van der Waals surface area contributed by atoms with Crippen molar-refractivity contribution in [3.8, 4) is 11.1 Å². The van der Waals surface area contributed by atoms with Crippen LogP contribution in [0.3, 0.4) is 0 Å². The number of benzene rings is 1. The van der Waals surface area contributed by atoms with E-state index in [1.54, 1.807) is 4.68 Å². The predicted octanol–water partition coefficient (Wildman–Crippen LogP) is 4.82. The highest BCUT2D eigenvalue weighted by molar-refractivity contribution is 6.30. The molecule has 0 radical (unpaired) electrons. The van der Waals surface area contributed by atoms with Crippen LogP contribution in [0.4, 0.5) is 0 Å². The Bertz CT molecular complexity index is 769. The highest BCUT2D eigenvalue weighted by atomic mass is 35.5. The van der Waals surface area contributed by atoms with Gasteiger partial charge in [-0.2, -0.15) is 9.78 Å². The summed E-state index contributed by atoms with van der Waals surface area (Å²) in [5.41, 5.74) is 6.07. The molecule has 3 nitrogen and oxygen atoms in total. The van der Waals surface area contributed by atoms with Crippen LogP contribution in [0, 0.1) is 6.92 Å². The zero-order valence-electron chi connectivity index (χ0n) is 13.1. The number of carbonyl (C=O) groups excluding carboxylic acids is 1. The molecule has 22 heavy (non-hydrogen) atoms. The third-order valence-corrected chi connectivity index (χ3v) is 4.44. The molecule has 114 valence electrons. The summed E-state index contributed by atoms with van der Waals surface area (Å²) < 4.78 is 1.59. The van der Waals surface area contributed by atoms with Crippen molar-refractivity contribution in [1.29, 1.82) is 0 Å². The van der Waals surface area contributed by atoms with Crippen molar-refractivity contribution in [3.05, 3.63) is 51.8 Å². The monoisotopic (exact) mass is 314 g/mol. The molecule has 0 N–H and O–H groups in total. The number of hydrogen-bond donors (Lipinski definition) is 0. The zero-order chi connectivity index (χ0) is 15.9. The van der Waals surface area contributed by atoms with E-state index in [-0.39, 0.29) is 5.91 Å². The summed E-state index contributed by atoms with van der Waals surface area (Å²) in [5, 5.41) is 5.21. The van der Waals surface area contributed by atoms with Crippen LogP contribution >= 0.6 is 11.6 Å². The van der Waals surface area contributed by atoms with Crippen molar-refractivity contribution in [2.45, 2.75) is 40.0 Å². The molecule has 0 spiro atoms. The maximum atomic E-state index is 12.7. The van der Waals surface area contributed by atoms with E-state index in [1.165, 1.54) is 0 Å². The van der Waals surface area contributed by atoms with Gasteiger partial charge in [0.1, 0.15) is 0 Å². The highest BCUT2D eigenvalue weighted by Crippen LogP contribution is 2.34. The van der Waals surface area contributed by atoms with Crippen molar-refractivity contribution in [3.63, 3.8) is 0 Å². The molecular weight excluding hydrogens is 296 g/mol. The Kier molecular flexibility index (Phi) is 3.92. The molecule has 0 saturated heterocycles. The molecule has 1 aliphatic heterocycles. The first-order valence-electron chi connectivity index (χ1n) is 7.60. The first-order chi connectivity index (χ1) is 10.5. The average Bonchev–Trinajstić information content (AvgIpc) is 2.81.